The number of rotatable bonds is 4. The summed E-state index contributed by atoms with van der Waals surface area (Å²) in [5, 5.41) is 3.70. The van der Waals surface area contributed by atoms with Crippen LogP contribution in [0.3, 0.4) is 0 Å². The SMILES string of the molecule is C=CC(=O)Nc1ccc2c(N3CCCC3)nc(OC)nc2c1. The summed E-state index contributed by atoms with van der Waals surface area (Å²) in [5.41, 5.74) is 1.42. The van der Waals surface area contributed by atoms with Gasteiger partial charge in [0.15, 0.2) is 0 Å². The van der Waals surface area contributed by atoms with Gasteiger partial charge in [0.2, 0.25) is 5.91 Å². The van der Waals surface area contributed by atoms with E-state index in [1.54, 1.807) is 7.11 Å². The second kappa shape index (κ2) is 6.01. The van der Waals surface area contributed by atoms with Gasteiger partial charge in [0.25, 0.3) is 0 Å². The van der Waals surface area contributed by atoms with E-state index in [1.807, 2.05) is 18.2 Å². The number of anilines is 2. The lowest BCUT2D eigenvalue weighted by atomic mass is 10.2. The van der Waals surface area contributed by atoms with Crippen LogP contribution in [0.5, 0.6) is 6.01 Å². The molecule has 6 nitrogen and oxygen atoms in total. The Kier molecular flexibility index (Phi) is 3.91. The van der Waals surface area contributed by atoms with Crippen molar-refractivity contribution < 1.29 is 9.53 Å². The van der Waals surface area contributed by atoms with Crippen LogP contribution in [0, 0.1) is 0 Å². The Labute approximate surface area is 128 Å². The van der Waals surface area contributed by atoms with Gasteiger partial charge in [-0.1, -0.05) is 6.58 Å². The van der Waals surface area contributed by atoms with E-state index < -0.39 is 0 Å². The predicted molar refractivity (Wildman–Crippen MR) is 86.4 cm³/mol. The number of amides is 1. The minimum absolute atomic E-state index is 0.250. The summed E-state index contributed by atoms with van der Waals surface area (Å²) < 4.78 is 5.21. The zero-order chi connectivity index (χ0) is 15.5. The fourth-order valence-corrected chi connectivity index (χ4v) is 2.62. The topological polar surface area (TPSA) is 67.4 Å². The van der Waals surface area contributed by atoms with Crippen molar-refractivity contribution in [1.82, 2.24) is 9.97 Å². The molecular weight excluding hydrogens is 280 g/mol. The number of nitrogens with one attached hydrogen (secondary N) is 1. The Hall–Kier alpha value is -2.63. The Morgan fingerprint density at radius 3 is 2.82 bits per heavy atom. The third kappa shape index (κ3) is 2.72. The summed E-state index contributed by atoms with van der Waals surface area (Å²) in [7, 11) is 1.55. The van der Waals surface area contributed by atoms with Crippen LogP contribution in [-0.4, -0.2) is 36.1 Å². The summed E-state index contributed by atoms with van der Waals surface area (Å²) in [5.74, 6) is 0.640. The zero-order valence-corrected chi connectivity index (χ0v) is 12.5. The number of methoxy groups -OCH3 is 1. The Morgan fingerprint density at radius 2 is 2.14 bits per heavy atom. The van der Waals surface area contributed by atoms with Crippen molar-refractivity contribution >= 4 is 28.3 Å². The molecule has 0 bridgehead atoms. The molecule has 0 atom stereocenters. The van der Waals surface area contributed by atoms with Gasteiger partial charge in [0.05, 0.1) is 12.6 Å². The highest BCUT2D eigenvalue weighted by molar-refractivity contribution is 6.01. The van der Waals surface area contributed by atoms with Gasteiger partial charge >= 0.3 is 6.01 Å². The molecule has 1 aliphatic heterocycles. The fourth-order valence-electron chi connectivity index (χ4n) is 2.62. The standard InChI is InChI=1S/C16H18N4O2/c1-3-14(21)17-11-6-7-12-13(10-11)18-16(22-2)19-15(12)20-8-4-5-9-20/h3,6-7,10H,1,4-5,8-9H2,2H3,(H,17,21). The van der Waals surface area contributed by atoms with Crippen LogP contribution in [0.1, 0.15) is 12.8 Å². The molecule has 1 aromatic heterocycles. The van der Waals surface area contributed by atoms with Crippen LogP contribution >= 0.6 is 0 Å². The molecule has 0 radical (unpaired) electrons. The van der Waals surface area contributed by atoms with Crippen molar-refractivity contribution in [3.05, 3.63) is 30.9 Å². The Morgan fingerprint density at radius 1 is 1.36 bits per heavy atom. The van der Waals surface area contributed by atoms with Crippen molar-refractivity contribution in [2.24, 2.45) is 0 Å². The van der Waals surface area contributed by atoms with E-state index in [9.17, 15) is 4.79 Å². The maximum absolute atomic E-state index is 11.4. The van der Waals surface area contributed by atoms with E-state index >= 15 is 0 Å². The molecule has 0 aliphatic carbocycles. The number of carbonyl (C=O) groups is 1. The molecule has 2 heterocycles. The molecule has 1 aromatic carbocycles. The van der Waals surface area contributed by atoms with Crippen molar-refractivity contribution in [2.75, 3.05) is 30.4 Å². The summed E-state index contributed by atoms with van der Waals surface area (Å²) in [6.45, 7) is 5.43. The molecule has 2 aromatic rings. The third-order valence-corrected chi connectivity index (χ3v) is 3.70. The molecule has 1 N–H and O–H groups in total. The van der Waals surface area contributed by atoms with Gasteiger partial charge in [0.1, 0.15) is 5.82 Å². The van der Waals surface area contributed by atoms with Crippen LogP contribution < -0.4 is 15.0 Å². The van der Waals surface area contributed by atoms with Gasteiger partial charge in [-0.05, 0) is 37.1 Å². The number of nitrogens with zero attached hydrogens (tertiary/aromatic N) is 3. The molecule has 0 spiro atoms. The number of fused-ring (bicyclic) bond motifs is 1. The van der Waals surface area contributed by atoms with Gasteiger partial charge in [-0.15, -0.1) is 0 Å². The first-order valence-electron chi connectivity index (χ1n) is 7.25. The first kappa shape index (κ1) is 14.3. The molecule has 114 valence electrons. The van der Waals surface area contributed by atoms with Crippen molar-refractivity contribution in [3.8, 4) is 6.01 Å². The molecule has 0 unspecified atom stereocenters. The molecular formula is C16H18N4O2. The number of carbonyl (C=O) groups excluding carboxylic acids is 1. The Bertz CT molecular complexity index is 723. The van der Waals surface area contributed by atoms with Crippen molar-refractivity contribution in [1.29, 1.82) is 0 Å². The average molecular weight is 298 g/mol. The summed E-state index contributed by atoms with van der Waals surface area (Å²) in [4.78, 5) is 22.5. The number of benzene rings is 1. The van der Waals surface area contributed by atoms with E-state index in [-0.39, 0.29) is 5.91 Å². The molecule has 1 aliphatic rings. The van der Waals surface area contributed by atoms with E-state index in [1.165, 1.54) is 18.9 Å². The van der Waals surface area contributed by atoms with Crippen molar-refractivity contribution in [3.63, 3.8) is 0 Å². The lowest BCUT2D eigenvalue weighted by Crippen LogP contribution is -2.20. The monoisotopic (exact) mass is 298 g/mol. The van der Waals surface area contributed by atoms with Gasteiger partial charge in [0, 0.05) is 24.2 Å². The van der Waals surface area contributed by atoms with Gasteiger partial charge in [-0.25, -0.2) is 0 Å². The van der Waals surface area contributed by atoms with Crippen LogP contribution in [0.4, 0.5) is 11.5 Å². The lowest BCUT2D eigenvalue weighted by molar-refractivity contribution is -0.111. The number of hydrogen-bond acceptors (Lipinski definition) is 5. The van der Waals surface area contributed by atoms with Crippen LogP contribution in [-0.2, 0) is 4.79 Å². The van der Waals surface area contributed by atoms with Gasteiger partial charge < -0.3 is 15.0 Å². The maximum atomic E-state index is 11.4. The second-order valence-electron chi connectivity index (χ2n) is 5.15. The van der Waals surface area contributed by atoms with Gasteiger partial charge in [-0.2, -0.15) is 9.97 Å². The predicted octanol–water partition coefficient (Wildman–Crippen LogP) is 2.36. The zero-order valence-electron chi connectivity index (χ0n) is 12.5. The average Bonchev–Trinajstić information content (AvgIpc) is 3.07. The molecule has 1 amide bonds. The molecule has 0 saturated carbocycles. The third-order valence-electron chi connectivity index (χ3n) is 3.70. The number of ether oxygens (including phenoxy) is 1. The van der Waals surface area contributed by atoms with E-state index in [4.69, 9.17) is 4.74 Å². The normalized spacial score (nSPS) is 14.1. The summed E-state index contributed by atoms with van der Waals surface area (Å²) in [6, 6.07) is 5.93. The van der Waals surface area contributed by atoms with Crippen LogP contribution in [0.2, 0.25) is 0 Å². The highest BCUT2D eigenvalue weighted by atomic mass is 16.5. The lowest BCUT2D eigenvalue weighted by Gasteiger charge is -2.19. The minimum Gasteiger partial charge on any atom is -0.467 e. The van der Waals surface area contributed by atoms with Gasteiger partial charge in [-0.3, -0.25) is 4.79 Å². The highest BCUT2D eigenvalue weighted by Gasteiger charge is 2.18. The smallest absolute Gasteiger partial charge is 0.318 e. The number of hydrogen-bond donors (Lipinski definition) is 1. The van der Waals surface area contributed by atoms with Crippen molar-refractivity contribution in [2.45, 2.75) is 12.8 Å². The van der Waals surface area contributed by atoms with E-state index in [0.29, 0.717) is 11.7 Å². The number of aromatic nitrogens is 2. The van der Waals surface area contributed by atoms with E-state index in [0.717, 1.165) is 29.8 Å². The first-order valence-corrected chi connectivity index (χ1v) is 7.25. The summed E-state index contributed by atoms with van der Waals surface area (Å²) in [6.07, 6.45) is 3.57. The minimum atomic E-state index is -0.250. The molecule has 1 saturated heterocycles. The molecule has 6 heteroatoms. The second-order valence-corrected chi connectivity index (χ2v) is 5.15. The molecule has 3 rings (SSSR count). The van der Waals surface area contributed by atoms with E-state index in [2.05, 4.69) is 26.8 Å². The maximum Gasteiger partial charge on any atom is 0.318 e. The van der Waals surface area contributed by atoms with Crippen LogP contribution in [0.25, 0.3) is 10.9 Å². The molecule has 22 heavy (non-hydrogen) atoms. The fraction of sp³-hybridized carbons (Fsp3) is 0.312. The highest BCUT2D eigenvalue weighted by Crippen LogP contribution is 2.30. The first-order chi connectivity index (χ1) is 10.7. The quantitative estimate of drug-likeness (QED) is 0.878. The Balaban J connectivity index is 2.07. The van der Waals surface area contributed by atoms with Crippen LogP contribution in [0.15, 0.2) is 30.9 Å². The largest absolute Gasteiger partial charge is 0.467 e. The molecule has 1 fully saturated rings. The summed E-state index contributed by atoms with van der Waals surface area (Å²) >= 11 is 0.